The number of rotatable bonds is 8. The number of aliphatic hydroxyl groups excluding tert-OH is 1. The summed E-state index contributed by atoms with van der Waals surface area (Å²) in [4.78, 5) is 16.6. The van der Waals surface area contributed by atoms with E-state index in [9.17, 15) is 9.90 Å². The Kier molecular flexibility index (Phi) is 7.14. The van der Waals surface area contributed by atoms with Gasteiger partial charge < -0.3 is 15.0 Å². The van der Waals surface area contributed by atoms with E-state index in [1.54, 1.807) is 12.3 Å². The molecule has 0 unspecified atom stereocenters. The number of nitrogens with one attached hydrogen (secondary N) is 1. The predicted molar refractivity (Wildman–Crippen MR) is 112 cm³/mol. The van der Waals surface area contributed by atoms with Crippen LogP contribution in [0.25, 0.3) is 0 Å². The van der Waals surface area contributed by atoms with Gasteiger partial charge in [-0.05, 0) is 24.1 Å². The monoisotopic (exact) mass is 415 g/mol. The molecule has 1 aromatic heterocycles. The summed E-state index contributed by atoms with van der Waals surface area (Å²) in [6.07, 6.45) is 1.65. The molecule has 1 heterocycles. The van der Waals surface area contributed by atoms with Crippen molar-refractivity contribution in [3.63, 3.8) is 0 Å². The summed E-state index contributed by atoms with van der Waals surface area (Å²) < 4.78 is 1.94. The van der Waals surface area contributed by atoms with Gasteiger partial charge in [0.05, 0.1) is 24.3 Å². The van der Waals surface area contributed by atoms with E-state index in [2.05, 4.69) is 34.6 Å². The molecule has 0 aliphatic rings. The third-order valence-corrected chi connectivity index (χ3v) is 5.65. The number of hydrogen-bond donors (Lipinski definition) is 2. The molecular formula is C21H22ClN3O2S. The number of hydrogen-bond acceptors (Lipinski definition) is 4. The van der Waals surface area contributed by atoms with Crippen LogP contribution in [0.15, 0.2) is 59.9 Å². The van der Waals surface area contributed by atoms with E-state index in [1.807, 2.05) is 29.7 Å². The Morgan fingerprint density at radius 3 is 2.68 bits per heavy atom. The summed E-state index contributed by atoms with van der Waals surface area (Å²) in [5.41, 5.74) is 3.91. The van der Waals surface area contributed by atoms with Crippen LogP contribution in [0.4, 0.5) is 0 Å². The van der Waals surface area contributed by atoms with Crippen LogP contribution in [-0.2, 0) is 24.5 Å². The maximum Gasteiger partial charge on any atom is 0.230 e. The summed E-state index contributed by atoms with van der Waals surface area (Å²) in [7, 11) is 0. The third-order valence-electron chi connectivity index (χ3n) is 4.29. The largest absolute Gasteiger partial charge is 0.390 e. The average molecular weight is 416 g/mol. The van der Waals surface area contributed by atoms with Crippen molar-refractivity contribution in [3.8, 4) is 0 Å². The number of aliphatic hydroxyl groups is 1. The van der Waals surface area contributed by atoms with E-state index < -0.39 is 0 Å². The normalized spacial score (nSPS) is 10.8. The van der Waals surface area contributed by atoms with E-state index in [1.165, 1.54) is 17.3 Å². The van der Waals surface area contributed by atoms with Crippen LogP contribution in [0.3, 0.4) is 0 Å². The zero-order valence-corrected chi connectivity index (χ0v) is 17.1. The molecule has 0 radical (unpaired) electrons. The maximum atomic E-state index is 12.2. The van der Waals surface area contributed by atoms with E-state index in [4.69, 9.17) is 11.6 Å². The Morgan fingerprint density at radius 2 is 1.96 bits per heavy atom. The Morgan fingerprint density at radius 1 is 1.21 bits per heavy atom. The smallest absolute Gasteiger partial charge is 0.230 e. The molecule has 0 fully saturated rings. The molecule has 146 valence electrons. The molecule has 0 atom stereocenters. The van der Waals surface area contributed by atoms with Gasteiger partial charge in [0.25, 0.3) is 0 Å². The minimum Gasteiger partial charge on any atom is -0.390 e. The minimum atomic E-state index is -0.0991. The number of aromatic nitrogens is 2. The van der Waals surface area contributed by atoms with Crippen molar-refractivity contribution in [2.24, 2.45) is 0 Å². The molecule has 0 aliphatic heterocycles. The molecule has 28 heavy (non-hydrogen) atoms. The highest BCUT2D eigenvalue weighted by Gasteiger charge is 2.13. The fourth-order valence-corrected chi connectivity index (χ4v) is 3.72. The summed E-state index contributed by atoms with van der Waals surface area (Å²) >= 11 is 7.46. The van der Waals surface area contributed by atoms with E-state index in [0.29, 0.717) is 23.3 Å². The van der Waals surface area contributed by atoms with Crippen LogP contribution < -0.4 is 5.32 Å². The number of halogens is 1. The Labute approximate surface area is 173 Å². The summed E-state index contributed by atoms with van der Waals surface area (Å²) in [6, 6.07) is 15.7. The number of aryl methyl sites for hydroxylation is 1. The summed E-state index contributed by atoms with van der Waals surface area (Å²) in [6.45, 7) is 2.93. The van der Waals surface area contributed by atoms with E-state index in [-0.39, 0.29) is 18.3 Å². The van der Waals surface area contributed by atoms with Gasteiger partial charge in [0, 0.05) is 18.1 Å². The lowest BCUT2D eigenvalue weighted by molar-refractivity contribution is -0.118. The zero-order chi connectivity index (χ0) is 19.9. The van der Waals surface area contributed by atoms with E-state index in [0.717, 1.165) is 16.8 Å². The summed E-state index contributed by atoms with van der Waals surface area (Å²) in [5.74, 6) is 0.139. The van der Waals surface area contributed by atoms with Gasteiger partial charge in [-0.15, -0.1) is 0 Å². The molecule has 1 amide bonds. The molecule has 5 nitrogen and oxygen atoms in total. The SMILES string of the molecule is Cc1ccc(Cn2c(CO)cnc2SCC(=O)NCc2ccccc2Cl)cc1. The number of imidazole rings is 1. The number of nitrogens with zero attached hydrogens (tertiary/aromatic N) is 2. The fourth-order valence-electron chi connectivity index (χ4n) is 2.70. The molecule has 3 aromatic rings. The molecule has 0 saturated heterocycles. The molecule has 0 bridgehead atoms. The van der Waals surface area contributed by atoms with Crippen molar-refractivity contribution in [2.75, 3.05) is 5.75 Å². The quantitative estimate of drug-likeness (QED) is 0.549. The Hall–Kier alpha value is -2.28. The zero-order valence-electron chi connectivity index (χ0n) is 15.6. The van der Waals surface area contributed by atoms with Gasteiger partial charge in [-0.2, -0.15) is 0 Å². The molecule has 7 heteroatoms. The van der Waals surface area contributed by atoms with Crippen LogP contribution in [0.2, 0.25) is 5.02 Å². The molecule has 0 aliphatic carbocycles. The highest BCUT2D eigenvalue weighted by atomic mass is 35.5. The van der Waals surface area contributed by atoms with Gasteiger partial charge in [-0.3, -0.25) is 4.79 Å². The molecule has 2 aromatic carbocycles. The first-order valence-electron chi connectivity index (χ1n) is 8.90. The standard InChI is InChI=1S/C21H22ClN3O2S/c1-15-6-8-16(9-7-15)12-25-18(13-26)11-24-21(25)28-14-20(27)23-10-17-4-2-3-5-19(17)22/h2-9,11,26H,10,12-14H2,1H3,(H,23,27). The first-order chi connectivity index (χ1) is 13.6. The highest BCUT2D eigenvalue weighted by Crippen LogP contribution is 2.21. The molecule has 3 rings (SSSR count). The Balaban J connectivity index is 1.60. The molecule has 0 saturated carbocycles. The number of carbonyl (C=O) groups excluding carboxylic acids is 1. The Bertz CT molecular complexity index is 941. The van der Waals surface area contributed by atoms with Gasteiger partial charge in [-0.1, -0.05) is 71.4 Å². The van der Waals surface area contributed by atoms with Gasteiger partial charge in [-0.25, -0.2) is 4.98 Å². The van der Waals surface area contributed by atoms with Gasteiger partial charge in [0.15, 0.2) is 5.16 Å². The number of benzene rings is 2. The maximum absolute atomic E-state index is 12.2. The van der Waals surface area contributed by atoms with Crippen molar-refractivity contribution < 1.29 is 9.90 Å². The lowest BCUT2D eigenvalue weighted by atomic mass is 10.1. The van der Waals surface area contributed by atoms with Crippen LogP contribution in [-0.4, -0.2) is 26.3 Å². The molecular weight excluding hydrogens is 394 g/mol. The van der Waals surface area contributed by atoms with Crippen molar-refractivity contribution in [1.82, 2.24) is 14.9 Å². The average Bonchev–Trinajstić information content (AvgIpc) is 3.09. The second-order valence-corrected chi connectivity index (χ2v) is 7.77. The highest BCUT2D eigenvalue weighted by molar-refractivity contribution is 7.99. The van der Waals surface area contributed by atoms with Crippen molar-refractivity contribution in [2.45, 2.75) is 31.8 Å². The fraction of sp³-hybridized carbons (Fsp3) is 0.238. The lowest BCUT2D eigenvalue weighted by Gasteiger charge is -2.11. The number of carbonyl (C=O) groups is 1. The van der Waals surface area contributed by atoms with Gasteiger partial charge >= 0.3 is 0 Å². The molecule has 2 N–H and O–H groups in total. The summed E-state index contributed by atoms with van der Waals surface area (Å²) in [5, 5.41) is 13.8. The van der Waals surface area contributed by atoms with Crippen LogP contribution in [0.1, 0.15) is 22.4 Å². The topological polar surface area (TPSA) is 67.1 Å². The van der Waals surface area contributed by atoms with Gasteiger partial charge in [0.2, 0.25) is 5.91 Å². The van der Waals surface area contributed by atoms with Crippen LogP contribution in [0, 0.1) is 6.92 Å². The second-order valence-electron chi connectivity index (χ2n) is 6.42. The third kappa shape index (κ3) is 5.38. The second kappa shape index (κ2) is 9.78. The van der Waals surface area contributed by atoms with Crippen LogP contribution >= 0.6 is 23.4 Å². The van der Waals surface area contributed by atoms with Gasteiger partial charge in [0.1, 0.15) is 0 Å². The molecule has 0 spiro atoms. The van der Waals surface area contributed by atoms with Crippen molar-refractivity contribution >= 4 is 29.3 Å². The predicted octanol–water partition coefficient (Wildman–Crippen LogP) is 3.79. The number of thioether (sulfide) groups is 1. The minimum absolute atomic E-state index is 0.0969. The van der Waals surface area contributed by atoms with Crippen molar-refractivity contribution in [1.29, 1.82) is 0 Å². The lowest BCUT2D eigenvalue weighted by Crippen LogP contribution is -2.25. The first kappa shape index (κ1) is 20.5. The first-order valence-corrected chi connectivity index (χ1v) is 10.3. The van der Waals surface area contributed by atoms with Crippen molar-refractivity contribution in [3.05, 3.63) is 82.1 Å². The van der Waals surface area contributed by atoms with E-state index >= 15 is 0 Å². The van der Waals surface area contributed by atoms with Crippen LogP contribution in [0.5, 0.6) is 0 Å². The number of amides is 1.